The van der Waals surface area contributed by atoms with Crippen LogP contribution in [-0.4, -0.2) is 31.1 Å². The number of benzene rings is 1. The van der Waals surface area contributed by atoms with Crippen LogP contribution in [0.25, 0.3) is 0 Å². The van der Waals surface area contributed by atoms with E-state index in [-0.39, 0.29) is 13.0 Å². The van der Waals surface area contributed by atoms with E-state index in [1.165, 1.54) is 17.3 Å². The molecule has 1 aromatic carbocycles. The topological polar surface area (TPSA) is 50.9 Å². The highest BCUT2D eigenvalue weighted by molar-refractivity contribution is 6.35. The van der Waals surface area contributed by atoms with Gasteiger partial charge in [0.15, 0.2) is 0 Å². The minimum absolute atomic E-state index is 0.0302. The van der Waals surface area contributed by atoms with Crippen LogP contribution < -0.4 is 0 Å². The lowest BCUT2D eigenvalue weighted by molar-refractivity contribution is -0.0652. The van der Waals surface area contributed by atoms with Crippen molar-refractivity contribution in [3.05, 3.63) is 46.5 Å². The molecule has 2 aromatic rings. The van der Waals surface area contributed by atoms with Crippen LogP contribution in [0.5, 0.6) is 0 Å². The number of aromatic nitrogens is 3. The van der Waals surface area contributed by atoms with E-state index in [0.29, 0.717) is 28.5 Å². The second kappa shape index (κ2) is 5.23. The maximum absolute atomic E-state index is 14.7. The summed E-state index contributed by atoms with van der Waals surface area (Å²) in [5.41, 5.74) is -2.52. The average Bonchev–Trinajstić information content (AvgIpc) is 2.98. The van der Waals surface area contributed by atoms with E-state index in [1.54, 1.807) is 18.2 Å². The first-order valence-electron chi connectivity index (χ1n) is 6.60. The molecule has 1 aliphatic carbocycles. The van der Waals surface area contributed by atoms with Gasteiger partial charge in [0.05, 0.1) is 6.54 Å². The van der Waals surface area contributed by atoms with Crippen molar-refractivity contribution in [2.75, 3.05) is 0 Å². The molecule has 3 rings (SSSR count). The van der Waals surface area contributed by atoms with Gasteiger partial charge in [-0.05, 0) is 30.5 Å². The Morgan fingerprint density at radius 3 is 2.71 bits per heavy atom. The summed E-state index contributed by atoms with van der Waals surface area (Å²) in [6.45, 7) is 0.0302. The smallest absolute Gasteiger partial charge is 0.141 e. The Labute approximate surface area is 131 Å². The van der Waals surface area contributed by atoms with Crippen molar-refractivity contribution in [3.63, 3.8) is 0 Å². The summed E-state index contributed by atoms with van der Waals surface area (Å²) >= 11 is 12.0. The fourth-order valence-electron chi connectivity index (χ4n) is 2.49. The molecule has 1 fully saturated rings. The Balaban J connectivity index is 1.89. The van der Waals surface area contributed by atoms with Crippen molar-refractivity contribution in [1.29, 1.82) is 0 Å². The Bertz CT molecular complexity index is 646. The lowest BCUT2D eigenvalue weighted by Crippen LogP contribution is -2.47. The first-order valence-corrected chi connectivity index (χ1v) is 7.35. The van der Waals surface area contributed by atoms with Crippen LogP contribution in [0.3, 0.4) is 0 Å². The summed E-state index contributed by atoms with van der Waals surface area (Å²) in [5.74, 6) is 0. The molecule has 0 saturated heterocycles. The van der Waals surface area contributed by atoms with Gasteiger partial charge in [0.1, 0.15) is 23.9 Å². The molecule has 1 atom stereocenters. The summed E-state index contributed by atoms with van der Waals surface area (Å²) in [6.07, 6.45) is 3.58. The van der Waals surface area contributed by atoms with Crippen molar-refractivity contribution in [3.8, 4) is 0 Å². The zero-order valence-corrected chi connectivity index (χ0v) is 12.6. The van der Waals surface area contributed by atoms with Crippen molar-refractivity contribution in [1.82, 2.24) is 14.8 Å². The van der Waals surface area contributed by atoms with Crippen molar-refractivity contribution < 1.29 is 9.50 Å². The van der Waals surface area contributed by atoms with Crippen LogP contribution in [0.15, 0.2) is 30.9 Å². The molecular formula is C14H14Cl2FN3O. The van der Waals surface area contributed by atoms with Crippen LogP contribution in [0.1, 0.15) is 18.4 Å². The summed E-state index contributed by atoms with van der Waals surface area (Å²) < 4.78 is 16.1. The van der Waals surface area contributed by atoms with Crippen LogP contribution in [0.2, 0.25) is 10.0 Å². The van der Waals surface area contributed by atoms with Crippen molar-refractivity contribution >= 4 is 23.2 Å². The molecule has 0 amide bonds. The first kappa shape index (κ1) is 14.8. The number of alkyl halides is 1. The van der Waals surface area contributed by atoms with E-state index >= 15 is 0 Å². The highest BCUT2D eigenvalue weighted by Gasteiger charge is 2.60. The Morgan fingerprint density at radius 1 is 1.38 bits per heavy atom. The van der Waals surface area contributed by atoms with E-state index < -0.39 is 11.3 Å². The van der Waals surface area contributed by atoms with Crippen LogP contribution in [0.4, 0.5) is 4.39 Å². The maximum Gasteiger partial charge on any atom is 0.141 e. The number of rotatable bonds is 5. The molecule has 0 spiro atoms. The summed E-state index contributed by atoms with van der Waals surface area (Å²) in [6, 6.07) is 4.98. The second-order valence-corrected chi connectivity index (χ2v) is 6.35. The molecule has 112 valence electrons. The van der Waals surface area contributed by atoms with Gasteiger partial charge in [-0.2, -0.15) is 5.10 Å². The molecule has 1 saturated carbocycles. The normalized spacial score (nSPS) is 19.2. The van der Waals surface area contributed by atoms with Crippen LogP contribution in [0, 0.1) is 0 Å². The van der Waals surface area contributed by atoms with Gasteiger partial charge in [-0.1, -0.05) is 29.3 Å². The number of hydrogen-bond acceptors (Lipinski definition) is 3. The maximum atomic E-state index is 14.7. The molecule has 7 heteroatoms. The third kappa shape index (κ3) is 2.91. The molecule has 0 bridgehead atoms. The molecule has 0 aliphatic heterocycles. The predicted octanol–water partition coefficient (Wildman–Crippen LogP) is 3.06. The van der Waals surface area contributed by atoms with Gasteiger partial charge in [0.25, 0.3) is 0 Å². The third-order valence-electron chi connectivity index (χ3n) is 3.91. The van der Waals surface area contributed by atoms with E-state index in [4.69, 9.17) is 23.2 Å². The molecule has 1 heterocycles. The van der Waals surface area contributed by atoms with Gasteiger partial charge < -0.3 is 5.11 Å². The summed E-state index contributed by atoms with van der Waals surface area (Å²) in [7, 11) is 0. The number of aliphatic hydroxyl groups is 1. The van der Waals surface area contributed by atoms with Gasteiger partial charge in [-0.3, -0.25) is 0 Å². The fraction of sp³-hybridized carbons (Fsp3) is 0.429. The highest BCUT2D eigenvalue weighted by atomic mass is 35.5. The molecule has 1 N–H and O–H groups in total. The largest absolute Gasteiger partial charge is 0.384 e. The van der Waals surface area contributed by atoms with Gasteiger partial charge in [0, 0.05) is 16.5 Å². The molecule has 1 aromatic heterocycles. The molecule has 4 nitrogen and oxygen atoms in total. The minimum Gasteiger partial charge on any atom is -0.384 e. The molecule has 1 aliphatic rings. The van der Waals surface area contributed by atoms with E-state index in [2.05, 4.69) is 10.1 Å². The van der Waals surface area contributed by atoms with Gasteiger partial charge in [-0.15, -0.1) is 0 Å². The number of hydrogen-bond donors (Lipinski definition) is 1. The lowest BCUT2D eigenvalue weighted by Gasteiger charge is -2.32. The fourth-order valence-corrected chi connectivity index (χ4v) is 2.97. The Morgan fingerprint density at radius 2 is 2.14 bits per heavy atom. The summed E-state index contributed by atoms with van der Waals surface area (Å²) in [4.78, 5) is 3.82. The number of halogens is 3. The molecule has 21 heavy (non-hydrogen) atoms. The Kier molecular flexibility index (Phi) is 3.67. The van der Waals surface area contributed by atoms with Crippen molar-refractivity contribution in [2.45, 2.75) is 37.1 Å². The molecule has 1 unspecified atom stereocenters. The SMILES string of the molecule is OC(Cc1ccc(Cl)cc1Cl)(Cn1cncn1)C1(F)CC1. The quantitative estimate of drug-likeness (QED) is 0.917. The third-order valence-corrected chi connectivity index (χ3v) is 4.50. The summed E-state index contributed by atoms with van der Waals surface area (Å²) in [5, 5.41) is 15.7. The highest BCUT2D eigenvalue weighted by Crippen LogP contribution is 2.51. The van der Waals surface area contributed by atoms with Crippen LogP contribution >= 0.6 is 23.2 Å². The average molecular weight is 330 g/mol. The van der Waals surface area contributed by atoms with E-state index in [1.807, 2.05) is 0 Å². The Hall–Kier alpha value is -1.17. The van der Waals surface area contributed by atoms with Gasteiger partial charge in [-0.25, -0.2) is 14.1 Å². The second-order valence-electron chi connectivity index (χ2n) is 5.50. The zero-order valence-electron chi connectivity index (χ0n) is 11.1. The first-order chi connectivity index (χ1) is 9.92. The zero-order chi connectivity index (χ0) is 15.1. The van der Waals surface area contributed by atoms with Crippen molar-refractivity contribution in [2.24, 2.45) is 0 Å². The molecule has 0 radical (unpaired) electrons. The standard InChI is InChI=1S/C14H14Cl2FN3O/c15-11-2-1-10(12(16)5-11)6-14(21,13(17)3-4-13)7-20-9-18-8-19-20/h1-2,5,8-9,21H,3-4,6-7H2. The van der Waals surface area contributed by atoms with E-state index in [0.717, 1.165) is 0 Å². The predicted molar refractivity (Wildman–Crippen MR) is 78.2 cm³/mol. The van der Waals surface area contributed by atoms with Gasteiger partial charge in [0.2, 0.25) is 0 Å². The number of nitrogens with zero attached hydrogens (tertiary/aromatic N) is 3. The van der Waals surface area contributed by atoms with Crippen LogP contribution in [-0.2, 0) is 13.0 Å². The minimum atomic E-state index is -1.61. The molecular weight excluding hydrogens is 316 g/mol. The monoisotopic (exact) mass is 329 g/mol. The lowest BCUT2D eigenvalue weighted by atomic mass is 9.87. The van der Waals surface area contributed by atoms with E-state index in [9.17, 15) is 9.50 Å². The van der Waals surface area contributed by atoms with Gasteiger partial charge >= 0.3 is 0 Å².